The third kappa shape index (κ3) is 4.01. The molecule has 1 amide bonds. The number of aromatic nitrogens is 1. The second-order valence-corrected chi connectivity index (χ2v) is 11.6. The van der Waals surface area contributed by atoms with E-state index in [1.807, 2.05) is 12.1 Å². The van der Waals surface area contributed by atoms with Crippen molar-refractivity contribution in [2.45, 2.75) is 59.5 Å². The first-order valence-electron chi connectivity index (χ1n) is 13.1. The predicted octanol–water partition coefficient (Wildman–Crippen LogP) is 4.24. The van der Waals surface area contributed by atoms with Gasteiger partial charge in [0.1, 0.15) is 11.5 Å². The van der Waals surface area contributed by atoms with Crippen LogP contribution in [0.5, 0.6) is 11.5 Å². The number of morpholine rings is 1. The Kier molecular flexibility index (Phi) is 6.29. The molecule has 3 aliphatic rings. The third-order valence-electron chi connectivity index (χ3n) is 9.33. The maximum Gasteiger partial charge on any atom is 0.253 e. The van der Waals surface area contributed by atoms with E-state index in [9.17, 15) is 4.79 Å². The van der Waals surface area contributed by atoms with Gasteiger partial charge in [-0.1, -0.05) is 20.8 Å². The normalized spacial score (nSPS) is 27.9. The van der Waals surface area contributed by atoms with Gasteiger partial charge in [-0.15, -0.1) is 0 Å². The number of carbonyl (C=O) groups is 1. The van der Waals surface area contributed by atoms with Gasteiger partial charge in [-0.2, -0.15) is 0 Å². The van der Waals surface area contributed by atoms with Gasteiger partial charge in [0.05, 0.1) is 38.5 Å². The molecule has 192 valence electrons. The maximum absolute atomic E-state index is 14.0. The molecule has 0 spiro atoms. The van der Waals surface area contributed by atoms with Crippen LogP contribution in [0.3, 0.4) is 0 Å². The van der Waals surface area contributed by atoms with Crippen molar-refractivity contribution in [3.05, 3.63) is 23.4 Å². The van der Waals surface area contributed by atoms with Gasteiger partial charge in [0.15, 0.2) is 0 Å². The lowest BCUT2D eigenvalue weighted by Crippen LogP contribution is -2.52. The summed E-state index contributed by atoms with van der Waals surface area (Å²) in [5.74, 6) is 2.12. The van der Waals surface area contributed by atoms with E-state index in [0.717, 1.165) is 67.3 Å². The highest BCUT2D eigenvalue weighted by Crippen LogP contribution is 2.62. The van der Waals surface area contributed by atoms with Crippen LogP contribution in [0.1, 0.15) is 56.1 Å². The molecular formula is C28H41N3O4. The molecule has 3 atom stereocenters. The molecule has 0 radical (unpaired) electrons. The van der Waals surface area contributed by atoms with Crippen LogP contribution < -0.4 is 14.8 Å². The number of hydrogen-bond acceptors (Lipinski definition) is 5. The predicted molar refractivity (Wildman–Crippen MR) is 138 cm³/mol. The summed E-state index contributed by atoms with van der Waals surface area (Å²) in [6.45, 7) is 14.2. The first-order valence-corrected chi connectivity index (χ1v) is 13.1. The SMILES string of the molecule is COc1cc(OC)c2c(c1)c(C(=O)N[C@@H]1C(C)(C)[C@@H]3CC[C@@]1(C)C3)c(C)n2CCN1CCOCC1. The fourth-order valence-corrected chi connectivity index (χ4v) is 7.32. The first-order chi connectivity index (χ1) is 16.7. The number of rotatable bonds is 7. The molecule has 7 heteroatoms. The highest BCUT2D eigenvalue weighted by Gasteiger charge is 2.59. The minimum Gasteiger partial charge on any atom is -0.497 e. The molecule has 1 aromatic heterocycles. The Hall–Kier alpha value is -2.25. The van der Waals surface area contributed by atoms with Gasteiger partial charge in [-0.05, 0) is 49.0 Å². The molecule has 7 nitrogen and oxygen atoms in total. The fourth-order valence-electron chi connectivity index (χ4n) is 7.32. The molecule has 2 bridgehead atoms. The molecule has 1 aromatic carbocycles. The Morgan fingerprint density at radius 3 is 2.51 bits per heavy atom. The van der Waals surface area contributed by atoms with E-state index in [4.69, 9.17) is 14.2 Å². The van der Waals surface area contributed by atoms with Crippen molar-refractivity contribution in [1.29, 1.82) is 0 Å². The number of amides is 1. The fraction of sp³-hybridized carbons (Fsp3) is 0.679. The van der Waals surface area contributed by atoms with Crippen LogP contribution in [0.4, 0.5) is 0 Å². The zero-order valence-corrected chi connectivity index (χ0v) is 22.2. The molecular weight excluding hydrogens is 442 g/mol. The number of methoxy groups -OCH3 is 2. The zero-order chi connectivity index (χ0) is 25.0. The van der Waals surface area contributed by atoms with Crippen LogP contribution in [0, 0.1) is 23.7 Å². The molecule has 1 saturated heterocycles. The van der Waals surface area contributed by atoms with Crippen LogP contribution in [0.25, 0.3) is 10.9 Å². The average molecular weight is 484 g/mol. The zero-order valence-electron chi connectivity index (χ0n) is 22.2. The van der Waals surface area contributed by atoms with Crippen LogP contribution in [-0.2, 0) is 11.3 Å². The number of hydrogen-bond donors (Lipinski definition) is 1. The molecule has 5 rings (SSSR count). The van der Waals surface area contributed by atoms with Crippen LogP contribution in [0.2, 0.25) is 0 Å². The van der Waals surface area contributed by atoms with Gasteiger partial charge >= 0.3 is 0 Å². The van der Waals surface area contributed by atoms with Crippen LogP contribution in [-0.4, -0.2) is 68.5 Å². The van der Waals surface area contributed by atoms with Gasteiger partial charge in [-0.3, -0.25) is 9.69 Å². The van der Waals surface area contributed by atoms with Crippen molar-refractivity contribution in [3.63, 3.8) is 0 Å². The standard InChI is InChI=1S/C28H41N3O4/c1-18-23(25(32)29-26-27(2,3)19-7-8-28(26,4)17-19)21-15-20(33-5)16-22(34-6)24(21)31(18)10-9-30-11-13-35-14-12-30/h15-16,19,26H,7-14,17H2,1-6H3,(H,29,32)/t19-,26-,28+/m1/s1. The Balaban J connectivity index is 1.54. The summed E-state index contributed by atoms with van der Waals surface area (Å²) >= 11 is 0. The van der Waals surface area contributed by atoms with E-state index in [0.29, 0.717) is 11.7 Å². The van der Waals surface area contributed by atoms with Crippen molar-refractivity contribution < 1.29 is 19.0 Å². The summed E-state index contributed by atoms with van der Waals surface area (Å²) in [6.07, 6.45) is 3.66. The number of carbonyl (C=O) groups excluding carboxylic acids is 1. The van der Waals surface area contributed by atoms with Gasteiger partial charge in [0, 0.05) is 49.4 Å². The highest BCUT2D eigenvalue weighted by molar-refractivity contribution is 6.10. The number of nitrogens with one attached hydrogen (secondary N) is 1. The lowest BCUT2D eigenvalue weighted by molar-refractivity contribution is 0.0365. The van der Waals surface area contributed by atoms with E-state index in [-0.39, 0.29) is 22.8 Å². The first kappa shape index (κ1) is 24.4. The Labute approximate surface area is 209 Å². The summed E-state index contributed by atoms with van der Waals surface area (Å²) in [5.41, 5.74) is 2.94. The molecule has 0 unspecified atom stereocenters. The quantitative estimate of drug-likeness (QED) is 0.638. The van der Waals surface area contributed by atoms with E-state index in [1.165, 1.54) is 19.3 Å². The molecule has 3 fully saturated rings. The van der Waals surface area contributed by atoms with Crippen molar-refractivity contribution >= 4 is 16.8 Å². The van der Waals surface area contributed by atoms with Crippen molar-refractivity contribution in [1.82, 2.24) is 14.8 Å². The summed E-state index contributed by atoms with van der Waals surface area (Å²) in [5, 5.41) is 4.42. The van der Waals surface area contributed by atoms with E-state index in [1.54, 1.807) is 14.2 Å². The lowest BCUT2D eigenvalue weighted by Gasteiger charge is -2.43. The number of fused-ring (bicyclic) bond motifs is 3. The van der Waals surface area contributed by atoms with Crippen molar-refractivity contribution in [2.24, 2.45) is 16.7 Å². The molecule has 1 aliphatic heterocycles. The van der Waals surface area contributed by atoms with E-state index in [2.05, 4.69) is 42.5 Å². The second kappa shape index (κ2) is 9.00. The molecule has 35 heavy (non-hydrogen) atoms. The van der Waals surface area contributed by atoms with Gasteiger partial charge in [-0.25, -0.2) is 0 Å². The summed E-state index contributed by atoms with van der Waals surface area (Å²) in [4.78, 5) is 16.4. The second-order valence-electron chi connectivity index (χ2n) is 11.6. The minimum absolute atomic E-state index is 0.0137. The average Bonchev–Trinajstić information content (AvgIpc) is 3.44. The van der Waals surface area contributed by atoms with E-state index >= 15 is 0 Å². The van der Waals surface area contributed by atoms with Crippen LogP contribution in [0.15, 0.2) is 12.1 Å². The van der Waals surface area contributed by atoms with Crippen molar-refractivity contribution in [3.8, 4) is 11.5 Å². The Morgan fingerprint density at radius 1 is 1.14 bits per heavy atom. The highest BCUT2D eigenvalue weighted by atomic mass is 16.5. The number of nitrogens with zero attached hydrogens (tertiary/aromatic N) is 2. The summed E-state index contributed by atoms with van der Waals surface area (Å²) in [7, 11) is 3.34. The summed E-state index contributed by atoms with van der Waals surface area (Å²) < 4.78 is 19.2. The van der Waals surface area contributed by atoms with E-state index < -0.39 is 0 Å². The topological polar surface area (TPSA) is 65.0 Å². The largest absolute Gasteiger partial charge is 0.497 e. The third-order valence-corrected chi connectivity index (χ3v) is 9.33. The lowest BCUT2D eigenvalue weighted by atomic mass is 9.68. The molecule has 2 aliphatic carbocycles. The number of ether oxygens (including phenoxy) is 3. The maximum atomic E-state index is 14.0. The Morgan fingerprint density at radius 2 is 1.89 bits per heavy atom. The molecule has 2 saturated carbocycles. The van der Waals surface area contributed by atoms with Gasteiger partial charge < -0.3 is 24.1 Å². The smallest absolute Gasteiger partial charge is 0.253 e. The van der Waals surface area contributed by atoms with Gasteiger partial charge in [0.2, 0.25) is 0 Å². The van der Waals surface area contributed by atoms with Crippen molar-refractivity contribution in [2.75, 3.05) is 47.1 Å². The Bertz CT molecular complexity index is 1110. The van der Waals surface area contributed by atoms with Crippen LogP contribution >= 0.6 is 0 Å². The monoisotopic (exact) mass is 483 g/mol. The minimum atomic E-state index is 0.0137. The molecule has 1 N–H and O–H groups in total. The molecule has 2 aromatic rings. The number of benzene rings is 1. The summed E-state index contributed by atoms with van der Waals surface area (Å²) in [6, 6.07) is 4.06. The molecule has 2 heterocycles. The van der Waals surface area contributed by atoms with Gasteiger partial charge in [0.25, 0.3) is 5.91 Å².